The number of hydrogen-bond acceptors (Lipinski definition) is 2. The monoisotopic (exact) mass is 313 g/mol. The number of sulfonamides is 1. The van der Waals surface area contributed by atoms with Crippen LogP contribution in [0.1, 0.15) is 44.2 Å². The molecule has 0 N–H and O–H groups in total. The summed E-state index contributed by atoms with van der Waals surface area (Å²) < 4.78 is 40.8. The Morgan fingerprint density at radius 1 is 1.19 bits per heavy atom. The van der Waals surface area contributed by atoms with Gasteiger partial charge in [0.05, 0.1) is 4.90 Å². The van der Waals surface area contributed by atoms with E-state index in [1.54, 1.807) is 18.2 Å². The molecule has 1 aromatic carbocycles. The number of benzene rings is 1. The number of hydrogen-bond donors (Lipinski definition) is 0. The molecule has 0 unspecified atom stereocenters. The third kappa shape index (κ3) is 2.86. The van der Waals surface area contributed by atoms with Gasteiger partial charge in [-0.2, -0.15) is 4.31 Å². The first-order valence-corrected chi connectivity index (χ1v) is 8.96. The maximum absolute atomic E-state index is 13.4. The van der Waals surface area contributed by atoms with E-state index in [2.05, 4.69) is 13.8 Å². The molecule has 0 spiro atoms. The Hall–Kier alpha value is -0.940. The smallest absolute Gasteiger partial charge is 0.207 e. The van der Waals surface area contributed by atoms with Crippen LogP contribution in [0.3, 0.4) is 0 Å². The second-order valence-electron chi connectivity index (χ2n) is 6.16. The van der Waals surface area contributed by atoms with Crippen molar-refractivity contribution in [2.24, 2.45) is 5.41 Å². The van der Waals surface area contributed by atoms with Crippen LogP contribution in [0.5, 0.6) is 0 Å². The minimum absolute atomic E-state index is 0.0922. The Bertz CT molecular complexity index is 613. The van der Waals surface area contributed by atoms with Gasteiger partial charge in [-0.15, -0.1) is 0 Å². The second kappa shape index (κ2) is 5.69. The summed E-state index contributed by atoms with van der Waals surface area (Å²) in [6.07, 6.45) is 2.87. The van der Waals surface area contributed by atoms with Crippen LogP contribution in [-0.4, -0.2) is 25.8 Å². The molecule has 1 aliphatic heterocycles. The molecule has 2 rings (SSSR count). The highest BCUT2D eigenvalue weighted by atomic mass is 32.2. The van der Waals surface area contributed by atoms with Crippen molar-refractivity contribution in [3.8, 4) is 0 Å². The van der Waals surface area contributed by atoms with E-state index < -0.39 is 10.0 Å². The fraction of sp³-hybridized carbons (Fsp3) is 0.625. The van der Waals surface area contributed by atoms with Gasteiger partial charge in [0.25, 0.3) is 0 Å². The van der Waals surface area contributed by atoms with Crippen LogP contribution >= 0.6 is 0 Å². The first-order chi connectivity index (χ1) is 9.75. The summed E-state index contributed by atoms with van der Waals surface area (Å²) >= 11 is 0. The highest BCUT2D eigenvalue weighted by molar-refractivity contribution is 7.89. The summed E-state index contributed by atoms with van der Waals surface area (Å²) in [4.78, 5) is 0.270. The molecule has 0 aliphatic carbocycles. The average Bonchev–Trinajstić information content (AvgIpc) is 2.83. The Labute approximate surface area is 127 Å². The molecule has 0 aromatic heterocycles. The summed E-state index contributed by atoms with van der Waals surface area (Å²) in [6.45, 7) is 8.68. The van der Waals surface area contributed by atoms with E-state index >= 15 is 0 Å². The Morgan fingerprint density at radius 3 is 2.14 bits per heavy atom. The van der Waals surface area contributed by atoms with Gasteiger partial charge in [0, 0.05) is 13.1 Å². The lowest BCUT2D eigenvalue weighted by Crippen LogP contribution is -2.32. The molecular formula is C16H24FNO2S. The van der Waals surface area contributed by atoms with Gasteiger partial charge in [-0.1, -0.05) is 13.8 Å². The van der Waals surface area contributed by atoms with E-state index in [-0.39, 0.29) is 16.1 Å². The van der Waals surface area contributed by atoms with Crippen LogP contribution in [-0.2, 0) is 10.0 Å². The van der Waals surface area contributed by atoms with Gasteiger partial charge in [-0.3, -0.25) is 0 Å². The molecule has 0 bridgehead atoms. The number of nitrogens with zero attached hydrogens (tertiary/aromatic N) is 1. The summed E-state index contributed by atoms with van der Waals surface area (Å²) in [5, 5.41) is 0. The van der Waals surface area contributed by atoms with Crippen molar-refractivity contribution in [2.75, 3.05) is 13.1 Å². The quantitative estimate of drug-likeness (QED) is 0.851. The minimum atomic E-state index is -3.54. The van der Waals surface area contributed by atoms with Gasteiger partial charge in [0.15, 0.2) is 0 Å². The van der Waals surface area contributed by atoms with Crippen LogP contribution in [0.25, 0.3) is 0 Å². The van der Waals surface area contributed by atoms with E-state index in [4.69, 9.17) is 0 Å². The summed E-state index contributed by atoms with van der Waals surface area (Å²) in [6, 6.07) is 2.59. The van der Waals surface area contributed by atoms with Gasteiger partial charge < -0.3 is 0 Å². The standard InChI is InChI=1S/C16H24FNO2S/c1-5-16(6-2)7-8-18(11-16)21(19,20)15-12(3)9-14(17)10-13(15)4/h9-10H,5-8,11H2,1-4H3. The lowest BCUT2D eigenvalue weighted by Gasteiger charge is -2.26. The van der Waals surface area contributed by atoms with Gasteiger partial charge >= 0.3 is 0 Å². The first kappa shape index (κ1) is 16.4. The van der Waals surface area contributed by atoms with E-state index in [9.17, 15) is 12.8 Å². The topological polar surface area (TPSA) is 37.4 Å². The van der Waals surface area contributed by atoms with Crippen molar-refractivity contribution in [3.63, 3.8) is 0 Å². The Balaban J connectivity index is 2.41. The van der Waals surface area contributed by atoms with E-state index in [1.807, 2.05) is 0 Å². The maximum Gasteiger partial charge on any atom is 0.243 e. The van der Waals surface area contributed by atoms with Crippen molar-refractivity contribution in [1.29, 1.82) is 0 Å². The van der Waals surface area contributed by atoms with Crippen LogP contribution < -0.4 is 0 Å². The molecule has 1 fully saturated rings. The van der Waals surface area contributed by atoms with E-state index in [0.29, 0.717) is 24.2 Å². The molecule has 21 heavy (non-hydrogen) atoms. The highest BCUT2D eigenvalue weighted by Crippen LogP contribution is 2.40. The molecule has 0 saturated carbocycles. The van der Waals surface area contributed by atoms with Crippen LogP contribution in [0.4, 0.5) is 4.39 Å². The summed E-state index contributed by atoms with van der Waals surface area (Å²) in [5.74, 6) is -0.387. The van der Waals surface area contributed by atoms with Crippen LogP contribution in [0.2, 0.25) is 0 Å². The molecule has 0 atom stereocenters. The summed E-state index contributed by atoms with van der Waals surface area (Å²) in [5.41, 5.74) is 1.06. The zero-order valence-electron chi connectivity index (χ0n) is 13.2. The van der Waals surface area contributed by atoms with Crippen molar-refractivity contribution in [3.05, 3.63) is 29.1 Å². The van der Waals surface area contributed by atoms with E-state index in [0.717, 1.165) is 19.3 Å². The molecule has 0 amide bonds. The van der Waals surface area contributed by atoms with Crippen LogP contribution in [0.15, 0.2) is 17.0 Å². The predicted octanol–water partition coefficient (Wildman–Crippen LogP) is 3.64. The van der Waals surface area contributed by atoms with Crippen molar-refractivity contribution >= 4 is 10.0 Å². The van der Waals surface area contributed by atoms with Gasteiger partial charge in [-0.05, 0) is 61.8 Å². The zero-order valence-corrected chi connectivity index (χ0v) is 14.1. The maximum atomic E-state index is 13.4. The average molecular weight is 313 g/mol. The fourth-order valence-corrected chi connectivity index (χ4v) is 5.33. The van der Waals surface area contributed by atoms with Crippen molar-refractivity contribution in [2.45, 2.75) is 51.9 Å². The first-order valence-electron chi connectivity index (χ1n) is 7.52. The van der Waals surface area contributed by atoms with Gasteiger partial charge in [0.2, 0.25) is 10.0 Å². The molecule has 118 valence electrons. The minimum Gasteiger partial charge on any atom is -0.207 e. The molecule has 1 aliphatic rings. The number of rotatable bonds is 4. The zero-order chi connectivity index (χ0) is 15.8. The lowest BCUT2D eigenvalue weighted by molar-refractivity contribution is 0.279. The Morgan fingerprint density at radius 2 is 1.71 bits per heavy atom. The number of halogens is 1. The lowest BCUT2D eigenvalue weighted by atomic mass is 9.82. The highest BCUT2D eigenvalue weighted by Gasteiger charge is 2.41. The van der Waals surface area contributed by atoms with Crippen molar-refractivity contribution in [1.82, 2.24) is 4.31 Å². The molecule has 1 saturated heterocycles. The van der Waals surface area contributed by atoms with E-state index in [1.165, 1.54) is 12.1 Å². The predicted molar refractivity (Wildman–Crippen MR) is 82.3 cm³/mol. The molecule has 1 aromatic rings. The summed E-state index contributed by atoms with van der Waals surface area (Å²) in [7, 11) is -3.54. The molecule has 3 nitrogen and oxygen atoms in total. The normalized spacial score (nSPS) is 19.1. The molecular weight excluding hydrogens is 289 g/mol. The Kier molecular flexibility index (Phi) is 4.45. The van der Waals surface area contributed by atoms with Gasteiger partial charge in [0.1, 0.15) is 5.82 Å². The third-order valence-corrected chi connectivity index (χ3v) is 7.08. The van der Waals surface area contributed by atoms with Crippen molar-refractivity contribution < 1.29 is 12.8 Å². The number of aryl methyl sites for hydroxylation is 2. The second-order valence-corrected chi connectivity index (χ2v) is 8.04. The molecule has 5 heteroatoms. The third-order valence-electron chi connectivity index (χ3n) is 4.93. The van der Waals surface area contributed by atoms with Crippen LogP contribution in [0, 0.1) is 25.1 Å². The largest absolute Gasteiger partial charge is 0.243 e. The SMILES string of the molecule is CCC1(CC)CCN(S(=O)(=O)c2c(C)cc(F)cc2C)C1. The van der Waals surface area contributed by atoms with Gasteiger partial charge in [-0.25, -0.2) is 12.8 Å². The molecule has 1 heterocycles. The fourth-order valence-electron chi connectivity index (χ4n) is 3.36. The molecule has 0 radical (unpaired) electrons.